The summed E-state index contributed by atoms with van der Waals surface area (Å²) in [6.45, 7) is 9.04. The lowest BCUT2D eigenvalue weighted by molar-refractivity contribution is -0.384. The third kappa shape index (κ3) is 4.79. The second kappa shape index (κ2) is 10.7. The number of anilines is 1. The molecule has 0 aromatic heterocycles. The van der Waals surface area contributed by atoms with Gasteiger partial charge in [-0.15, -0.1) is 0 Å². The van der Waals surface area contributed by atoms with Crippen LogP contribution in [0.5, 0.6) is 5.75 Å². The first-order chi connectivity index (χ1) is 18.1. The van der Waals surface area contributed by atoms with Gasteiger partial charge in [-0.05, 0) is 62.0 Å². The van der Waals surface area contributed by atoms with Crippen LogP contribution in [0.25, 0.3) is 0 Å². The molecule has 10 heteroatoms. The van der Waals surface area contributed by atoms with Crippen molar-refractivity contribution in [1.82, 2.24) is 9.80 Å². The molecule has 0 aliphatic carbocycles. The van der Waals surface area contributed by atoms with Gasteiger partial charge >= 0.3 is 0 Å². The average molecular weight is 535 g/mol. The number of nitro groups is 1. The number of ether oxygens (including phenoxy) is 1. The van der Waals surface area contributed by atoms with Gasteiger partial charge in [-0.1, -0.05) is 32.0 Å². The Hall–Kier alpha value is -4.05. The highest BCUT2D eigenvalue weighted by Gasteiger charge is 2.42. The van der Waals surface area contributed by atoms with E-state index in [0.29, 0.717) is 26.2 Å². The molecular formula is C28H30N4O5S. The van der Waals surface area contributed by atoms with E-state index in [-0.39, 0.29) is 16.4 Å². The lowest BCUT2D eigenvalue weighted by Gasteiger charge is -2.35. The first kappa shape index (κ1) is 27.0. The molecule has 0 radical (unpaired) electrons. The number of para-hydroxylation sites is 1. The molecule has 198 valence electrons. The van der Waals surface area contributed by atoms with Gasteiger partial charge in [0.25, 0.3) is 17.5 Å². The standard InChI is InChI=1S/C28H30N4O5S/c1-5-29-25(33)21(26(34)30(6-2)27(29)38)13-15-24-28(3,4)22-18-19(32(35)36)12-14-23(22)31(24)16-17-37-20-10-8-7-9-11-20/h7-15,18H,5-6,16-17H2,1-4H3/b24-15+. The van der Waals surface area contributed by atoms with E-state index in [4.69, 9.17) is 17.0 Å². The second-order valence-electron chi connectivity index (χ2n) is 9.41. The molecule has 0 atom stereocenters. The molecule has 1 saturated heterocycles. The third-order valence-electron chi connectivity index (χ3n) is 6.87. The molecule has 0 spiro atoms. The van der Waals surface area contributed by atoms with Crippen LogP contribution >= 0.6 is 12.2 Å². The van der Waals surface area contributed by atoms with Crippen LogP contribution in [0, 0.1) is 10.1 Å². The zero-order valence-electron chi connectivity index (χ0n) is 21.8. The van der Waals surface area contributed by atoms with Crippen molar-refractivity contribution in [2.45, 2.75) is 33.1 Å². The van der Waals surface area contributed by atoms with Crippen LogP contribution in [0.3, 0.4) is 0 Å². The molecular weight excluding hydrogens is 504 g/mol. The van der Waals surface area contributed by atoms with E-state index in [1.165, 1.54) is 15.9 Å². The highest BCUT2D eigenvalue weighted by Crippen LogP contribution is 2.48. The summed E-state index contributed by atoms with van der Waals surface area (Å²) in [6.07, 6.45) is 3.30. The van der Waals surface area contributed by atoms with Crippen molar-refractivity contribution in [3.63, 3.8) is 0 Å². The highest BCUT2D eigenvalue weighted by atomic mass is 32.1. The number of thiocarbonyl (C=S) groups is 1. The van der Waals surface area contributed by atoms with Gasteiger partial charge in [0.15, 0.2) is 5.11 Å². The van der Waals surface area contributed by atoms with Crippen LogP contribution < -0.4 is 9.64 Å². The number of non-ortho nitro benzene ring substituents is 1. The quantitative estimate of drug-likeness (QED) is 0.161. The summed E-state index contributed by atoms with van der Waals surface area (Å²) >= 11 is 5.36. The normalized spacial score (nSPS) is 17.8. The topological polar surface area (TPSA) is 96.2 Å². The number of fused-ring (bicyclic) bond motifs is 1. The number of hydrogen-bond acceptors (Lipinski definition) is 7. The number of carbonyl (C=O) groups excluding carboxylic acids is 2. The largest absolute Gasteiger partial charge is 0.492 e. The molecule has 0 bridgehead atoms. The van der Waals surface area contributed by atoms with Crippen LogP contribution in [-0.2, 0) is 15.0 Å². The minimum atomic E-state index is -0.643. The Morgan fingerprint density at radius 1 is 0.974 bits per heavy atom. The van der Waals surface area contributed by atoms with E-state index in [1.54, 1.807) is 24.3 Å². The van der Waals surface area contributed by atoms with Crippen molar-refractivity contribution in [2.24, 2.45) is 0 Å². The van der Waals surface area contributed by atoms with Gasteiger partial charge in [0.05, 0.1) is 11.5 Å². The van der Waals surface area contributed by atoms with Crippen LogP contribution in [0.4, 0.5) is 11.4 Å². The molecule has 1 fully saturated rings. The number of allylic oxidation sites excluding steroid dienone is 3. The van der Waals surface area contributed by atoms with Crippen molar-refractivity contribution in [3.8, 4) is 5.75 Å². The monoisotopic (exact) mass is 534 g/mol. The first-order valence-corrected chi connectivity index (χ1v) is 12.9. The van der Waals surface area contributed by atoms with Gasteiger partial charge in [0, 0.05) is 42.0 Å². The number of carbonyl (C=O) groups is 2. The molecule has 2 aliphatic heterocycles. The van der Waals surface area contributed by atoms with Gasteiger partial charge in [0.1, 0.15) is 17.9 Å². The summed E-state index contributed by atoms with van der Waals surface area (Å²) in [5, 5.41) is 11.7. The Kier molecular flexibility index (Phi) is 7.63. The summed E-state index contributed by atoms with van der Waals surface area (Å²) in [7, 11) is 0. The molecule has 38 heavy (non-hydrogen) atoms. The fourth-order valence-corrected chi connectivity index (χ4v) is 5.28. The van der Waals surface area contributed by atoms with Crippen molar-refractivity contribution in [1.29, 1.82) is 0 Å². The Balaban J connectivity index is 1.75. The van der Waals surface area contributed by atoms with E-state index in [2.05, 4.69) is 0 Å². The van der Waals surface area contributed by atoms with Crippen LogP contribution in [0.2, 0.25) is 0 Å². The Morgan fingerprint density at radius 2 is 1.61 bits per heavy atom. The van der Waals surface area contributed by atoms with Crippen molar-refractivity contribution < 1.29 is 19.2 Å². The van der Waals surface area contributed by atoms with E-state index in [0.717, 1.165) is 22.7 Å². The zero-order chi connectivity index (χ0) is 27.6. The average Bonchev–Trinajstić information content (AvgIpc) is 3.10. The van der Waals surface area contributed by atoms with Gasteiger partial charge < -0.3 is 9.64 Å². The van der Waals surface area contributed by atoms with Crippen LogP contribution in [0.15, 0.2) is 72.0 Å². The van der Waals surface area contributed by atoms with Crippen molar-refractivity contribution in [2.75, 3.05) is 31.1 Å². The van der Waals surface area contributed by atoms with Gasteiger partial charge in [-0.3, -0.25) is 29.5 Å². The molecule has 2 aliphatic rings. The van der Waals surface area contributed by atoms with Crippen molar-refractivity contribution in [3.05, 3.63) is 87.6 Å². The molecule has 0 unspecified atom stereocenters. The summed E-state index contributed by atoms with van der Waals surface area (Å²) < 4.78 is 5.93. The third-order valence-corrected chi connectivity index (χ3v) is 7.31. The van der Waals surface area contributed by atoms with E-state index in [9.17, 15) is 19.7 Å². The molecule has 2 aromatic rings. The molecule has 9 nitrogen and oxygen atoms in total. The summed E-state index contributed by atoms with van der Waals surface area (Å²) in [6, 6.07) is 14.2. The number of likely N-dealkylation sites (N-methyl/N-ethyl adjacent to an activating group) is 2. The Labute approximate surface area is 227 Å². The maximum atomic E-state index is 13.1. The lowest BCUT2D eigenvalue weighted by atomic mass is 9.83. The fourth-order valence-electron chi connectivity index (χ4n) is 4.85. The Morgan fingerprint density at radius 3 is 2.18 bits per heavy atom. The van der Waals surface area contributed by atoms with E-state index >= 15 is 0 Å². The van der Waals surface area contributed by atoms with Gasteiger partial charge in [-0.25, -0.2) is 0 Å². The van der Waals surface area contributed by atoms with E-state index < -0.39 is 22.2 Å². The number of nitro benzene ring substituents is 1. The van der Waals surface area contributed by atoms with Crippen LogP contribution in [-0.4, -0.2) is 57.9 Å². The number of amides is 2. The molecule has 2 heterocycles. The summed E-state index contributed by atoms with van der Waals surface area (Å²) in [5.41, 5.74) is 1.76. The number of rotatable bonds is 8. The van der Waals surface area contributed by atoms with E-state index in [1.807, 2.05) is 62.9 Å². The second-order valence-corrected chi connectivity index (χ2v) is 9.78. The molecule has 2 aromatic carbocycles. The number of hydrogen-bond donors (Lipinski definition) is 0. The first-order valence-electron chi connectivity index (χ1n) is 12.5. The van der Waals surface area contributed by atoms with Crippen LogP contribution in [0.1, 0.15) is 33.3 Å². The highest BCUT2D eigenvalue weighted by molar-refractivity contribution is 7.80. The molecule has 4 rings (SSSR count). The Bertz CT molecular complexity index is 1320. The maximum Gasteiger partial charge on any atom is 0.269 e. The van der Waals surface area contributed by atoms with Gasteiger partial charge in [0.2, 0.25) is 0 Å². The molecule has 2 amide bonds. The summed E-state index contributed by atoms with van der Waals surface area (Å²) in [4.78, 5) is 42.2. The number of benzene rings is 2. The minimum Gasteiger partial charge on any atom is -0.492 e. The maximum absolute atomic E-state index is 13.1. The lowest BCUT2D eigenvalue weighted by Crippen LogP contribution is -2.55. The predicted octanol–water partition coefficient (Wildman–Crippen LogP) is 4.58. The molecule has 0 saturated carbocycles. The minimum absolute atomic E-state index is 0.000221. The zero-order valence-corrected chi connectivity index (χ0v) is 22.7. The molecule has 0 N–H and O–H groups in total. The smallest absolute Gasteiger partial charge is 0.269 e. The number of nitrogens with zero attached hydrogens (tertiary/aromatic N) is 4. The van der Waals surface area contributed by atoms with Gasteiger partial charge in [-0.2, -0.15) is 0 Å². The summed E-state index contributed by atoms with van der Waals surface area (Å²) in [5.74, 6) is -0.143. The fraction of sp³-hybridized carbons (Fsp3) is 0.321. The van der Waals surface area contributed by atoms with Crippen molar-refractivity contribution >= 4 is 40.5 Å². The predicted molar refractivity (Wildman–Crippen MR) is 149 cm³/mol. The SMILES string of the molecule is CCN1C(=O)C(=C/C=C2/N(CCOc3ccccc3)c3ccc([N+](=O)[O-])cc3C2(C)C)C(=O)N(CC)C1=S.